The van der Waals surface area contributed by atoms with Crippen molar-refractivity contribution < 1.29 is 9.18 Å². The lowest BCUT2D eigenvalue weighted by atomic mass is 9.84. The number of halogens is 1. The van der Waals surface area contributed by atoms with E-state index >= 15 is 0 Å². The third-order valence-electron chi connectivity index (χ3n) is 7.24. The van der Waals surface area contributed by atoms with Gasteiger partial charge in [0.1, 0.15) is 11.6 Å². The summed E-state index contributed by atoms with van der Waals surface area (Å²) < 4.78 is 16.0. The topological polar surface area (TPSA) is 44.6 Å². The number of carbonyl (C=O) groups is 1. The van der Waals surface area contributed by atoms with E-state index in [1.807, 2.05) is 22.6 Å². The minimum absolute atomic E-state index is 0.112. The van der Waals surface area contributed by atoms with Gasteiger partial charge in [-0.25, -0.2) is 9.07 Å². The van der Waals surface area contributed by atoms with E-state index in [0.717, 1.165) is 62.5 Å². The number of carbonyl (C=O) groups excluding carboxylic acids is 1. The Kier molecular flexibility index (Phi) is 7.07. The van der Waals surface area contributed by atoms with Gasteiger partial charge in [-0.15, -0.1) is 0 Å². The van der Waals surface area contributed by atoms with Crippen LogP contribution in [0, 0.1) is 18.7 Å². The molecule has 1 saturated carbocycles. The molecule has 2 fully saturated rings. The van der Waals surface area contributed by atoms with Crippen LogP contribution in [0.2, 0.25) is 0 Å². The summed E-state index contributed by atoms with van der Waals surface area (Å²) >= 11 is 0. The van der Waals surface area contributed by atoms with Crippen molar-refractivity contribution >= 4 is 11.7 Å². The zero-order chi connectivity index (χ0) is 23.7. The lowest BCUT2D eigenvalue weighted by molar-refractivity contribution is -0.140. The van der Waals surface area contributed by atoms with Crippen LogP contribution >= 0.6 is 0 Å². The molecule has 2 heterocycles. The minimum atomic E-state index is -0.276. The molecular formula is C26H38FN5O. The number of hydrogen-bond donors (Lipinski definition) is 0. The van der Waals surface area contributed by atoms with Crippen LogP contribution < -0.4 is 4.90 Å². The molecule has 2 aromatic rings. The Labute approximate surface area is 197 Å². The Balaban J connectivity index is 1.72. The molecule has 0 bridgehead atoms. The molecule has 1 saturated heterocycles. The summed E-state index contributed by atoms with van der Waals surface area (Å²) in [6.07, 6.45) is 3.13. The molecule has 1 aliphatic carbocycles. The fourth-order valence-electron chi connectivity index (χ4n) is 4.87. The van der Waals surface area contributed by atoms with Gasteiger partial charge < -0.3 is 9.80 Å². The monoisotopic (exact) mass is 455 g/mol. The number of hydrogen-bond acceptors (Lipinski definition) is 4. The lowest BCUT2D eigenvalue weighted by Crippen LogP contribution is -2.50. The maximum Gasteiger partial charge on any atom is 0.226 e. The van der Waals surface area contributed by atoms with Crippen LogP contribution in [0.25, 0.3) is 5.69 Å². The van der Waals surface area contributed by atoms with Crippen LogP contribution in [-0.4, -0.2) is 63.8 Å². The number of anilines is 1. The Morgan fingerprint density at radius 2 is 1.85 bits per heavy atom. The number of amides is 1. The maximum atomic E-state index is 14.1. The normalized spacial score (nSPS) is 17.6. The first-order chi connectivity index (χ1) is 15.8. The second-order valence-corrected chi connectivity index (χ2v) is 10.1. The highest BCUT2D eigenvalue weighted by Gasteiger charge is 2.33. The molecule has 0 radical (unpaired) electrons. The van der Waals surface area contributed by atoms with Gasteiger partial charge in [-0.1, -0.05) is 12.5 Å². The van der Waals surface area contributed by atoms with E-state index in [-0.39, 0.29) is 23.7 Å². The van der Waals surface area contributed by atoms with Gasteiger partial charge in [0.2, 0.25) is 5.91 Å². The third-order valence-corrected chi connectivity index (χ3v) is 7.24. The van der Waals surface area contributed by atoms with Crippen LogP contribution in [0.15, 0.2) is 24.3 Å². The molecule has 2 aliphatic rings. The van der Waals surface area contributed by atoms with Crippen molar-refractivity contribution in [2.75, 3.05) is 31.1 Å². The zero-order valence-corrected chi connectivity index (χ0v) is 20.7. The number of aromatic nitrogens is 2. The highest BCUT2D eigenvalue weighted by Crippen LogP contribution is 2.33. The first-order valence-electron chi connectivity index (χ1n) is 12.4. The van der Waals surface area contributed by atoms with Crippen molar-refractivity contribution in [3.8, 4) is 5.69 Å². The number of piperazine rings is 1. The van der Waals surface area contributed by atoms with Crippen LogP contribution in [0.3, 0.4) is 0 Å². The molecular weight excluding hydrogens is 417 g/mol. The summed E-state index contributed by atoms with van der Waals surface area (Å²) in [6.45, 7) is 14.9. The molecule has 6 nitrogen and oxygen atoms in total. The number of rotatable bonds is 7. The standard InChI is InChI=1S/C26H38FN5O/c1-18(2)29-12-14-30(15-13-29)25-24(17-31(19(3)4)26(33)21-8-6-9-21)20(5)28-32(25)23-11-7-10-22(27)16-23/h7,10-11,16,18-19,21H,6,8-9,12-15,17H2,1-5H3. The molecule has 33 heavy (non-hydrogen) atoms. The smallest absolute Gasteiger partial charge is 0.226 e. The van der Waals surface area contributed by atoms with Crippen LogP contribution in [0.4, 0.5) is 10.2 Å². The molecule has 0 atom stereocenters. The number of benzene rings is 1. The van der Waals surface area contributed by atoms with Gasteiger partial charge in [-0.3, -0.25) is 9.69 Å². The lowest BCUT2D eigenvalue weighted by Gasteiger charge is -2.39. The molecule has 1 aromatic carbocycles. The van der Waals surface area contributed by atoms with Crippen molar-refractivity contribution in [1.29, 1.82) is 0 Å². The van der Waals surface area contributed by atoms with E-state index in [2.05, 4.69) is 37.5 Å². The molecule has 0 N–H and O–H groups in total. The average Bonchev–Trinajstić information content (AvgIpc) is 3.06. The summed E-state index contributed by atoms with van der Waals surface area (Å²) in [5.41, 5.74) is 2.68. The second kappa shape index (κ2) is 9.84. The van der Waals surface area contributed by atoms with Gasteiger partial charge in [0.15, 0.2) is 0 Å². The van der Waals surface area contributed by atoms with Gasteiger partial charge in [0.25, 0.3) is 0 Å². The molecule has 7 heteroatoms. The van der Waals surface area contributed by atoms with Gasteiger partial charge in [0, 0.05) is 49.7 Å². The highest BCUT2D eigenvalue weighted by molar-refractivity contribution is 5.80. The molecule has 180 valence electrons. The SMILES string of the molecule is Cc1nn(-c2cccc(F)c2)c(N2CCN(C(C)C)CC2)c1CN(C(=O)C1CCC1)C(C)C. The molecule has 0 spiro atoms. The Morgan fingerprint density at radius 3 is 2.39 bits per heavy atom. The van der Waals surface area contributed by atoms with Crippen LogP contribution in [-0.2, 0) is 11.3 Å². The third kappa shape index (κ3) is 4.93. The molecule has 1 amide bonds. The van der Waals surface area contributed by atoms with Crippen molar-refractivity contribution in [3.63, 3.8) is 0 Å². The van der Waals surface area contributed by atoms with Crippen molar-refractivity contribution in [3.05, 3.63) is 41.3 Å². The fourth-order valence-corrected chi connectivity index (χ4v) is 4.87. The van der Waals surface area contributed by atoms with Gasteiger partial charge in [-0.2, -0.15) is 5.10 Å². The quantitative estimate of drug-likeness (QED) is 0.621. The van der Waals surface area contributed by atoms with Crippen molar-refractivity contribution in [1.82, 2.24) is 19.6 Å². The maximum absolute atomic E-state index is 14.1. The average molecular weight is 456 g/mol. The molecule has 1 aromatic heterocycles. The summed E-state index contributed by atoms with van der Waals surface area (Å²) in [4.78, 5) is 20.1. The predicted molar refractivity (Wildman–Crippen MR) is 130 cm³/mol. The van der Waals surface area contributed by atoms with Gasteiger partial charge >= 0.3 is 0 Å². The molecule has 4 rings (SSSR count). The highest BCUT2D eigenvalue weighted by atomic mass is 19.1. The first-order valence-corrected chi connectivity index (χ1v) is 12.4. The van der Waals surface area contributed by atoms with Crippen molar-refractivity contribution in [2.45, 2.75) is 72.5 Å². The number of nitrogens with zero attached hydrogens (tertiary/aromatic N) is 5. The van der Waals surface area contributed by atoms with Crippen molar-refractivity contribution in [2.24, 2.45) is 5.92 Å². The first kappa shape index (κ1) is 23.7. The zero-order valence-electron chi connectivity index (χ0n) is 20.7. The largest absolute Gasteiger partial charge is 0.354 e. The summed E-state index contributed by atoms with van der Waals surface area (Å²) in [5, 5.41) is 4.86. The van der Waals surface area contributed by atoms with E-state index in [9.17, 15) is 9.18 Å². The van der Waals surface area contributed by atoms with Gasteiger partial charge in [-0.05, 0) is 65.7 Å². The Morgan fingerprint density at radius 1 is 1.15 bits per heavy atom. The van der Waals surface area contributed by atoms with E-state index in [1.54, 1.807) is 6.07 Å². The predicted octanol–water partition coefficient (Wildman–Crippen LogP) is 4.39. The summed E-state index contributed by atoms with van der Waals surface area (Å²) in [6, 6.07) is 7.23. The van der Waals surface area contributed by atoms with Crippen LogP contribution in [0.5, 0.6) is 0 Å². The number of aryl methyl sites for hydroxylation is 1. The van der Waals surface area contributed by atoms with E-state index < -0.39 is 0 Å². The van der Waals surface area contributed by atoms with E-state index in [1.165, 1.54) is 12.1 Å². The van der Waals surface area contributed by atoms with E-state index in [0.29, 0.717) is 18.3 Å². The Hall–Kier alpha value is -2.41. The second-order valence-electron chi connectivity index (χ2n) is 10.1. The fraction of sp³-hybridized carbons (Fsp3) is 0.615. The molecule has 0 unspecified atom stereocenters. The van der Waals surface area contributed by atoms with E-state index in [4.69, 9.17) is 5.10 Å². The van der Waals surface area contributed by atoms with Gasteiger partial charge in [0.05, 0.1) is 17.9 Å². The summed E-state index contributed by atoms with van der Waals surface area (Å²) in [7, 11) is 0. The molecule has 1 aliphatic heterocycles. The summed E-state index contributed by atoms with van der Waals surface area (Å²) in [5.74, 6) is 1.13. The van der Waals surface area contributed by atoms with Crippen LogP contribution in [0.1, 0.15) is 58.2 Å². The Bertz CT molecular complexity index is 973. The minimum Gasteiger partial charge on any atom is -0.354 e.